The molecule has 0 N–H and O–H groups in total. The molecule has 0 saturated heterocycles. The lowest BCUT2D eigenvalue weighted by Gasteiger charge is -2.15. The minimum Gasteiger partial charge on any atom is -0.227 e. The molecule has 238 valence electrons. The monoisotopic (exact) mass is 666 g/mol. The van der Waals surface area contributed by atoms with Crippen molar-refractivity contribution in [2.24, 2.45) is 0 Å². The van der Waals surface area contributed by atoms with E-state index in [9.17, 15) is 0 Å². The Hall–Kier alpha value is -6.42. The fourth-order valence-electron chi connectivity index (χ4n) is 7.44. The van der Waals surface area contributed by atoms with E-state index in [1.54, 1.807) is 11.3 Å². The minimum atomic E-state index is 0.723. The van der Waals surface area contributed by atoms with E-state index in [2.05, 4.69) is 182 Å². The highest BCUT2D eigenvalue weighted by molar-refractivity contribution is 7.25. The summed E-state index contributed by atoms with van der Waals surface area (Å²) in [6, 6.07) is 65.2. The topological polar surface area (TPSA) is 25.8 Å². The molecule has 0 aliphatic carbocycles. The van der Waals surface area contributed by atoms with E-state index in [1.165, 1.54) is 48.3 Å². The Balaban J connectivity index is 1.26. The van der Waals surface area contributed by atoms with Crippen LogP contribution >= 0.6 is 11.3 Å². The fraction of sp³-hybridized carbons (Fsp3) is 0. The van der Waals surface area contributed by atoms with Gasteiger partial charge in [-0.1, -0.05) is 146 Å². The largest absolute Gasteiger partial charge is 0.227 e. The van der Waals surface area contributed by atoms with Crippen LogP contribution in [0.5, 0.6) is 0 Å². The van der Waals surface area contributed by atoms with Crippen molar-refractivity contribution < 1.29 is 0 Å². The maximum Gasteiger partial charge on any atom is 0.161 e. The smallest absolute Gasteiger partial charge is 0.161 e. The average molecular weight is 667 g/mol. The standard InChI is InChI=1S/C48H30N2S/c1-3-14-31(15-4-1)33-19-13-20-34(26-33)36-27-37(43-30-35-18-7-8-21-39(35)40-22-9-10-23-41(40)43)29-38(28-36)47-49-46(32-16-5-2-6-17-32)45-42-24-11-12-25-44(42)51-48(45)50-47/h1-30H. The molecule has 0 bridgehead atoms. The lowest BCUT2D eigenvalue weighted by molar-refractivity contribution is 1.24. The lowest BCUT2D eigenvalue weighted by atomic mass is 9.90. The SMILES string of the molecule is c1ccc(-c2cccc(-c3cc(-c4nc(-c5ccccc5)c5c(n4)sc4ccccc45)cc(-c4cc5ccccc5c5ccccc45)c3)c2)cc1. The zero-order valence-corrected chi connectivity index (χ0v) is 28.4. The summed E-state index contributed by atoms with van der Waals surface area (Å²) in [4.78, 5) is 11.7. The van der Waals surface area contributed by atoms with Crippen molar-refractivity contribution in [2.75, 3.05) is 0 Å². The van der Waals surface area contributed by atoms with Crippen molar-refractivity contribution in [1.82, 2.24) is 9.97 Å². The third-order valence-electron chi connectivity index (χ3n) is 9.86. The number of fused-ring (bicyclic) bond motifs is 6. The van der Waals surface area contributed by atoms with Crippen LogP contribution in [0.3, 0.4) is 0 Å². The predicted molar refractivity (Wildman–Crippen MR) is 217 cm³/mol. The van der Waals surface area contributed by atoms with Gasteiger partial charge in [0.25, 0.3) is 0 Å². The maximum absolute atomic E-state index is 5.41. The van der Waals surface area contributed by atoms with Crippen molar-refractivity contribution in [2.45, 2.75) is 0 Å². The molecule has 10 rings (SSSR count). The molecule has 8 aromatic carbocycles. The quantitative estimate of drug-likeness (QED) is 0.171. The zero-order chi connectivity index (χ0) is 33.7. The van der Waals surface area contributed by atoms with E-state index >= 15 is 0 Å². The van der Waals surface area contributed by atoms with Crippen LogP contribution in [0, 0.1) is 0 Å². The van der Waals surface area contributed by atoms with Gasteiger partial charge in [-0.2, -0.15) is 0 Å². The van der Waals surface area contributed by atoms with Crippen LogP contribution in [-0.4, -0.2) is 9.97 Å². The number of aromatic nitrogens is 2. The van der Waals surface area contributed by atoms with Gasteiger partial charge in [-0.15, -0.1) is 11.3 Å². The zero-order valence-electron chi connectivity index (χ0n) is 27.6. The summed E-state index contributed by atoms with van der Waals surface area (Å²) in [5, 5.41) is 7.25. The van der Waals surface area contributed by atoms with Gasteiger partial charge in [-0.05, 0) is 91.3 Å². The Labute approximate surface area is 300 Å². The van der Waals surface area contributed by atoms with Crippen LogP contribution in [-0.2, 0) is 0 Å². The molecule has 0 aliphatic heterocycles. The molecule has 2 heterocycles. The molecular formula is C48H30N2S. The number of hydrogen-bond donors (Lipinski definition) is 0. The van der Waals surface area contributed by atoms with Gasteiger partial charge in [0.2, 0.25) is 0 Å². The Morgan fingerprint density at radius 3 is 1.73 bits per heavy atom. The third kappa shape index (κ3) is 5.18. The van der Waals surface area contributed by atoms with Crippen molar-refractivity contribution in [1.29, 1.82) is 0 Å². The molecule has 51 heavy (non-hydrogen) atoms. The van der Waals surface area contributed by atoms with Gasteiger partial charge in [0, 0.05) is 26.6 Å². The van der Waals surface area contributed by atoms with E-state index in [0.717, 1.165) is 49.6 Å². The first kappa shape index (κ1) is 29.5. The molecule has 10 aromatic rings. The van der Waals surface area contributed by atoms with Crippen molar-refractivity contribution in [3.05, 3.63) is 182 Å². The molecule has 3 heteroatoms. The molecule has 0 unspecified atom stereocenters. The summed E-state index contributed by atoms with van der Waals surface area (Å²) >= 11 is 1.73. The molecule has 0 saturated carbocycles. The van der Waals surface area contributed by atoms with Gasteiger partial charge in [-0.25, -0.2) is 9.97 Å². The highest BCUT2D eigenvalue weighted by Gasteiger charge is 2.19. The van der Waals surface area contributed by atoms with E-state index in [4.69, 9.17) is 9.97 Å². The fourth-order valence-corrected chi connectivity index (χ4v) is 8.51. The normalized spacial score (nSPS) is 11.5. The second-order valence-corrected chi connectivity index (χ2v) is 14.0. The second-order valence-electron chi connectivity index (χ2n) is 13.0. The highest BCUT2D eigenvalue weighted by atomic mass is 32.1. The van der Waals surface area contributed by atoms with E-state index in [0.29, 0.717) is 0 Å². The van der Waals surface area contributed by atoms with Gasteiger partial charge >= 0.3 is 0 Å². The lowest BCUT2D eigenvalue weighted by Crippen LogP contribution is -1.95. The molecule has 0 radical (unpaired) electrons. The van der Waals surface area contributed by atoms with Crippen LogP contribution in [0.25, 0.3) is 97.9 Å². The summed E-state index contributed by atoms with van der Waals surface area (Å²) in [7, 11) is 0. The number of hydrogen-bond acceptors (Lipinski definition) is 3. The maximum atomic E-state index is 5.41. The summed E-state index contributed by atoms with van der Waals surface area (Å²) in [6.07, 6.45) is 0. The Morgan fingerprint density at radius 1 is 0.353 bits per heavy atom. The number of rotatable bonds is 5. The average Bonchev–Trinajstić information content (AvgIpc) is 3.59. The summed E-state index contributed by atoms with van der Waals surface area (Å²) in [5.74, 6) is 0.723. The first-order valence-electron chi connectivity index (χ1n) is 17.2. The minimum absolute atomic E-state index is 0.723. The van der Waals surface area contributed by atoms with Gasteiger partial charge in [-0.3, -0.25) is 0 Å². The highest BCUT2D eigenvalue weighted by Crippen LogP contribution is 2.42. The third-order valence-corrected chi connectivity index (χ3v) is 10.9. The summed E-state index contributed by atoms with van der Waals surface area (Å²) < 4.78 is 1.21. The van der Waals surface area contributed by atoms with Crippen LogP contribution in [0.1, 0.15) is 0 Å². The molecule has 0 aliphatic rings. The first-order chi connectivity index (χ1) is 25.3. The van der Waals surface area contributed by atoms with E-state index < -0.39 is 0 Å². The van der Waals surface area contributed by atoms with Gasteiger partial charge < -0.3 is 0 Å². The van der Waals surface area contributed by atoms with Gasteiger partial charge in [0.15, 0.2) is 5.82 Å². The van der Waals surface area contributed by atoms with Crippen molar-refractivity contribution >= 4 is 53.2 Å². The number of nitrogens with zero attached hydrogens (tertiary/aromatic N) is 2. The van der Waals surface area contributed by atoms with E-state index in [-0.39, 0.29) is 0 Å². The molecular weight excluding hydrogens is 637 g/mol. The molecule has 0 spiro atoms. The van der Waals surface area contributed by atoms with Crippen LogP contribution in [0.2, 0.25) is 0 Å². The van der Waals surface area contributed by atoms with Gasteiger partial charge in [0.1, 0.15) is 4.83 Å². The number of thiophene rings is 1. The molecule has 0 atom stereocenters. The number of benzene rings is 8. The summed E-state index contributed by atoms with van der Waals surface area (Å²) in [6.45, 7) is 0. The Bertz CT molecular complexity index is 2910. The Morgan fingerprint density at radius 2 is 0.922 bits per heavy atom. The van der Waals surface area contributed by atoms with Crippen LogP contribution < -0.4 is 0 Å². The first-order valence-corrected chi connectivity index (χ1v) is 18.1. The van der Waals surface area contributed by atoms with Crippen molar-refractivity contribution in [3.8, 4) is 56.0 Å². The van der Waals surface area contributed by atoms with Crippen LogP contribution in [0.4, 0.5) is 0 Å². The van der Waals surface area contributed by atoms with E-state index in [1.807, 2.05) is 0 Å². The van der Waals surface area contributed by atoms with Crippen LogP contribution in [0.15, 0.2) is 182 Å². The van der Waals surface area contributed by atoms with Gasteiger partial charge in [0.05, 0.1) is 5.69 Å². The summed E-state index contributed by atoms with van der Waals surface area (Å²) in [5.41, 5.74) is 10.0. The molecule has 0 amide bonds. The molecule has 2 nitrogen and oxygen atoms in total. The Kier molecular flexibility index (Phi) is 7.04. The second kappa shape index (κ2) is 12.2. The molecule has 0 fully saturated rings. The van der Waals surface area contributed by atoms with Crippen molar-refractivity contribution in [3.63, 3.8) is 0 Å². The predicted octanol–water partition coefficient (Wildman–Crippen LogP) is 13.5. The molecule has 2 aromatic heterocycles.